The van der Waals surface area contributed by atoms with E-state index in [1.54, 1.807) is 0 Å². The van der Waals surface area contributed by atoms with Crippen LogP contribution in [-0.4, -0.2) is 11.7 Å². The van der Waals surface area contributed by atoms with Crippen molar-refractivity contribution < 1.29 is 9.59 Å². The van der Waals surface area contributed by atoms with Gasteiger partial charge in [-0.15, -0.1) is 0 Å². The molecule has 1 aliphatic heterocycles. The smallest absolute Gasteiger partial charge is 0.228 e. The van der Waals surface area contributed by atoms with E-state index in [-0.39, 0.29) is 18.1 Å². The number of carbonyl (C=O) groups excluding carboxylic acids is 2. The van der Waals surface area contributed by atoms with Crippen molar-refractivity contribution in [1.82, 2.24) is 5.32 Å². The summed E-state index contributed by atoms with van der Waals surface area (Å²) >= 11 is 0. The van der Waals surface area contributed by atoms with Crippen molar-refractivity contribution in [2.75, 3.05) is 0 Å². The van der Waals surface area contributed by atoms with Gasteiger partial charge in [-0.25, -0.2) is 0 Å². The fraction of sp³-hybridized carbons (Fsp3) is 0.333. The molecule has 0 aromatic heterocycles. The van der Waals surface area contributed by atoms with Gasteiger partial charge >= 0.3 is 0 Å². The fourth-order valence-corrected chi connectivity index (χ4v) is 2.09. The Balaban J connectivity index is 2.47. The average Bonchev–Trinajstić information content (AvgIpc) is 2.56. The van der Waals surface area contributed by atoms with Crippen molar-refractivity contribution in [2.24, 2.45) is 0 Å². The first-order valence-electron chi connectivity index (χ1n) is 5.09. The van der Waals surface area contributed by atoms with Gasteiger partial charge in [0.1, 0.15) is 5.54 Å². The van der Waals surface area contributed by atoms with Gasteiger partial charge in [0.15, 0.2) is 5.78 Å². The van der Waals surface area contributed by atoms with Crippen LogP contribution in [0.4, 0.5) is 0 Å². The number of hydrogen-bond acceptors (Lipinski definition) is 2. The van der Waals surface area contributed by atoms with Crippen LogP contribution in [0.25, 0.3) is 0 Å². The maximum absolute atomic E-state index is 11.9. The standard InChI is InChI=1S/C12H13NO2/c1-2-12(9-6-4-3-5-7-9)10(14)8-11(15)13-12/h3-7H,2,8H2,1H3,(H,13,15)/t12-/m0/s1. The Labute approximate surface area is 88.5 Å². The zero-order valence-electron chi connectivity index (χ0n) is 8.62. The number of ketones is 1. The summed E-state index contributed by atoms with van der Waals surface area (Å²) in [5.74, 6) is -0.202. The predicted molar refractivity (Wildman–Crippen MR) is 56.2 cm³/mol. The van der Waals surface area contributed by atoms with E-state index in [0.29, 0.717) is 6.42 Å². The van der Waals surface area contributed by atoms with Gasteiger partial charge in [0.25, 0.3) is 0 Å². The second-order valence-corrected chi connectivity index (χ2v) is 3.77. The van der Waals surface area contributed by atoms with E-state index in [4.69, 9.17) is 0 Å². The molecule has 1 heterocycles. The van der Waals surface area contributed by atoms with Crippen LogP contribution >= 0.6 is 0 Å². The Hall–Kier alpha value is -1.64. The van der Waals surface area contributed by atoms with E-state index in [1.807, 2.05) is 37.3 Å². The molecule has 3 nitrogen and oxygen atoms in total. The van der Waals surface area contributed by atoms with Crippen LogP contribution in [0.3, 0.4) is 0 Å². The maximum atomic E-state index is 11.9. The van der Waals surface area contributed by atoms with E-state index in [2.05, 4.69) is 5.32 Å². The second-order valence-electron chi connectivity index (χ2n) is 3.77. The first kappa shape index (κ1) is 9.90. The molecule has 1 saturated heterocycles. The maximum Gasteiger partial charge on any atom is 0.228 e. The molecule has 78 valence electrons. The average molecular weight is 203 g/mol. The van der Waals surface area contributed by atoms with Crippen LogP contribution in [0, 0.1) is 0 Å². The molecule has 15 heavy (non-hydrogen) atoms. The molecule has 1 amide bonds. The van der Waals surface area contributed by atoms with Crippen LogP contribution in [0.2, 0.25) is 0 Å². The zero-order chi connectivity index (χ0) is 10.9. The SMILES string of the molecule is CC[C@@]1(c2ccccc2)NC(=O)CC1=O. The molecule has 2 rings (SSSR count). The summed E-state index contributed by atoms with van der Waals surface area (Å²) in [5, 5.41) is 2.79. The molecule has 1 aliphatic rings. The molecule has 1 aromatic rings. The van der Waals surface area contributed by atoms with E-state index >= 15 is 0 Å². The summed E-state index contributed by atoms with van der Waals surface area (Å²) in [7, 11) is 0. The summed E-state index contributed by atoms with van der Waals surface area (Å²) in [6, 6.07) is 9.42. The van der Waals surface area contributed by atoms with Gasteiger partial charge in [-0.2, -0.15) is 0 Å². The van der Waals surface area contributed by atoms with Crippen molar-refractivity contribution in [3.63, 3.8) is 0 Å². The molecule has 1 atom stereocenters. The third-order valence-corrected chi connectivity index (χ3v) is 2.95. The van der Waals surface area contributed by atoms with Crippen molar-refractivity contribution in [1.29, 1.82) is 0 Å². The normalized spacial score (nSPS) is 25.4. The predicted octanol–water partition coefficient (Wildman–Crippen LogP) is 1.38. The summed E-state index contributed by atoms with van der Waals surface area (Å²) in [6.07, 6.45) is 0.602. The third kappa shape index (κ3) is 1.44. The summed E-state index contributed by atoms with van der Waals surface area (Å²) in [6.45, 7) is 1.91. The lowest BCUT2D eigenvalue weighted by molar-refractivity contribution is -0.123. The minimum absolute atomic E-state index is 0.00271. The highest BCUT2D eigenvalue weighted by Crippen LogP contribution is 2.31. The van der Waals surface area contributed by atoms with Crippen molar-refractivity contribution in [2.45, 2.75) is 25.3 Å². The number of amides is 1. The molecule has 0 spiro atoms. The van der Waals surface area contributed by atoms with Crippen LogP contribution in [0.1, 0.15) is 25.3 Å². The van der Waals surface area contributed by atoms with Gasteiger partial charge in [0, 0.05) is 0 Å². The summed E-state index contributed by atoms with van der Waals surface area (Å²) < 4.78 is 0. The van der Waals surface area contributed by atoms with Gasteiger partial charge in [0.05, 0.1) is 6.42 Å². The zero-order valence-corrected chi connectivity index (χ0v) is 8.62. The lowest BCUT2D eigenvalue weighted by Gasteiger charge is -2.26. The van der Waals surface area contributed by atoms with Crippen molar-refractivity contribution in [3.05, 3.63) is 35.9 Å². The number of Topliss-reactive ketones (excluding diaryl/α,β-unsaturated/α-hetero) is 1. The Morgan fingerprint density at radius 2 is 1.93 bits per heavy atom. The number of benzene rings is 1. The first-order valence-corrected chi connectivity index (χ1v) is 5.09. The highest BCUT2D eigenvalue weighted by Gasteiger charge is 2.45. The molecule has 0 radical (unpaired) electrons. The molecular weight excluding hydrogens is 190 g/mol. The Bertz CT molecular complexity index is 399. The number of hydrogen-bond donors (Lipinski definition) is 1. The van der Waals surface area contributed by atoms with E-state index in [1.165, 1.54) is 0 Å². The van der Waals surface area contributed by atoms with Gasteiger partial charge in [-0.1, -0.05) is 37.3 Å². The van der Waals surface area contributed by atoms with Crippen molar-refractivity contribution >= 4 is 11.7 Å². The minimum atomic E-state index is -0.779. The molecule has 0 bridgehead atoms. The first-order chi connectivity index (χ1) is 7.19. The van der Waals surface area contributed by atoms with Crippen molar-refractivity contribution in [3.8, 4) is 0 Å². The number of rotatable bonds is 2. The molecule has 3 heteroatoms. The Kier molecular flexibility index (Phi) is 2.31. The van der Waals surface area contributed by atoms with Gasteiger partial charge < -0.3 is 5.32 Å². The van der Waals surface area contributed by atoms with Gasteiger partial charge in [0.2, 0.25) is 5.91 Å². The summed E-state index contributed by atoms with van der Waals surface area (Å²) in [5.41, 5.74) is 0.0987. The van der Waals surface area contributed by atoms with E-state index in [9.17, 15) is 9.59 Å². The monoisotopic (exact) mass is 203 g/mol. The highest BCUT2D eigenvalue weighted by molar-refractivity contribution is 6.10. The van der Waals surface area contributed by atoms with Crippen LogP contribution in [-0.2, 0) is 15.1 Å². The lowest BCUT2D eigenvalue weighted by atomic mass is 9.85. The molecule has 1 aromatic carbocycles. The quantitative estimate of drug-likeness (QED) is 0.738. The largest absolute Gasteiger partial charge is 0.339 e. The van der Waals surface area contributed by atoms with Crippen LogP contribution in [0.5, 0.6) is 0 Å². The Morgan fingerprint density at radius 3 is 2.40 bits per heavy atom. The van der Waals surface area contributed by atoms with E-state index < -0.39 is 5.54 Å². The lowest BCUT2D eigenvalue weighted by Crippen LogP contribution is -2.42. The molecule has 1 N–H and O–H groups in total. The van der Waals surface area contributed by atoms with Crippen LogP contribution < -0.4 is 5.32 Å². The number of carbonyl (C=O) groups is 2. The van der Waals surface area contributed by atoms with Gasteiger partial charge in [-0.05, 0) is 12.0 Å². The fourth-order valence-electron chi connectivity index (χ4n) is 2.09. The highest BCUT2D eigenvalue weighted by atomic mass is 16.2. The summed E-state index contributed by atoms with van der Waals surface area (Å²) in [4.78, 5) is 23.1. The third-order valence-electron chi connectivity index (χ3n) is 2.95. The topological polar surface area (TPSA) is 46.2 Å². The number of nitrogens with one attached hydrogen (secondary N) is 1. The molecule has 1 fully saturated rings. The molecule has 0 saturated carbocycles. The van der Waals surface area contributed by atoms with Crippen LogP contribution in [0.15, 0.2) is 30.3 Å². The second kappa shape index (κ2) is 3.50. The minimum Gasteiger partial charge on any atom is -0.339 e. The van der Waals surface area contributed by atoms with Gasteiger partial charge in [-0.3, -0.25) is 9.59 Å². The molecule has 0 aliphatic carbocycles. The molecular formula is C12H13NO2. The van der Waals surface area contributed by atoms with E-state index in [0.717, 1.165) is 5.56 Å². The molecule has 0 unspecified atom stereocenters. The Morgan fingerprint density at radius 1 is 1.27 bits per heavy atom.